The highest BCUT2D eigenvalue weighted by Gasteiger charge is 2.24. The van der Waals surface area contributed by atoms with E-state index in [0.717, 1.165) is 13.1 Å². The number of hydrogen-bond acceptors (Lipinski definition) is 2. The van der Waals surface area contributed by atoms with E-state index in [-0.39, 0.29) is 11.8 Å². The average Bonchev–Trinajstić information content (AvgIpc) is 2.12. The molecule has 1 aromatic rings. The van der Waals surface area contributed by atoms with Crippen LogP contribution < -0.4 is 10.6 Å². The maximum Gasteiger partial charge on any atom is 0.225 e. The second kappa shape index (κ2) is 4.88. The van der Waals surface area contributed by atoms with Crippen molar-refractivity contribution >= 4 is 5.91 Å². The lowest BCUT2D eigenvalue weighted by Crippen LogP contribution is -2.50. The van der Waals surface area contributed by atoms with Gasteiger partial charge in [-0.2, -0.15) is 0 Å². The van der Waals surface area contributed by atoms with Crippen molar-refractivity contribution in [2.24, 2.45) is 5.92 Å². The maximum absolute atomic E-state index is 11.7. The highest BCUT2D eigenvalue weighted by Crippen LogP contribution is 2.16. The van der Waals surface area contributed by atoms with E-state index in [0.29, 0.717) is 6.54 Å². The molecule has 1 aliphatic rings. The fourth-order valence-electron chi connectivity index (χ4n) is 2.28. The lowest BCUT2D eigenvalue weighted by molar-refractivity contribution is -0.126. The molecule has 1 aromatic carbocycles. The first-order valence-electron chi connectivity index (χ1n) is 6.13. The topological polar surface area (TPSA) is 41.1 Å². The predicted octanol–water partition coefficient (Wildman–Crippen LogP) is 1.45. The van der Waals surface area contributed by atoms with E-state index in [9.17, 15) is 4.79 Å². The molecule has 0 aromatic heterocycles. The van der Waals surface area contributed by atoms with Gasteiger partial charge in [-0.25, -0.2) is 0 Å². The molecule has 17 heavy (non-hydrogen) atoms. The van der Waals surface area contributed by atoms with Crippen molar-refractivity contribution in [2.45, 2.75) is 27.3 Å². The van der Waals surface area contributed by atoms with Crippen LogP contribution >= 0.6 is 0 Å². The van der Waals surface area contributed by atoms with Gasteiger partial charge in [-0.05, 0) is 37.5 Å². The van der Waals surface area contributed by atoms with Crippen LogP contribution in [0.4, 0.5) is 0 Å². The Balaban J connectivity index is 2.01. The van der Waals surface area contributed by atoms with Gasteiger partial charge in [0.25, 0.3) is 0 Å². The summed E-state index contributed by atoms with van der Waals surface area (Å²) in [4.78, 5) is 11.7. The number of amides is 1. The highest BCUT2D eigenvalue weighted by atomic mass is 16.2. The minimum absolute atomic E-state index is 0.168. The van der Waals surface area contributed by atoms with Crippen LogP contribution in [0.25, 0.3) is 0 Å². The second-order valence-electron chi connectivity index (χ2n) is 4.95. The Hall–Kier alpha value is -1.35. The van der Waals surface area contributed by atoms with E-state index in [1.165, 1.54) is 22.3 Å². The molecule has 92 valence electrons. The molecule has 1 amide bonds. The summed E-state index contributed by atoms with van der Waals surface area (Å²) >= 11 is 0. The van der Waals surface area contributed by atoms with Crippen molar-refractivity contribution < 1.29 is 4.79 Å². The smallest absolute Gasteiger partial charge is 0.225 e. The summed E-state index contributed by atoms with van der Waals surface area (Å²) in [6, 6.07) is 4.33. The van der Waals surface area contributed by atoms with Crippen molar-refractivity contribution in [1.82, 2.24) is 10.6 Å². The lowest BCUT2D eigenvalue weighted by atomic mass is 9.99. The summed E-state index contributed by atoms with van der Waals surface area (Å²) < 4.78 is 0. The lowest BCUT2D eigenvalue weighted by Gasteiger charge is -2.26. The molecular weight excluding hydrogens is 212 g/mol. The van der Waals surface area contributed by atoms with E-state index < -0.39 is 0 Å². The largest absolute Gasteiger partial charge is 0.352 e. The Morgan fingerprint density at radius 3 is 2.35 bits per heavy atom. The van der Waals surface area contributed by atoms with Crippen LogP contribution in [0.2, 0.25) is 0 Å². The summed E-state index contributed by atoms with van der Waals surface area (Å²) in [5.74, 6) is 0.337. The summed E-state index contributed by atoms with van der Waals surface area (Å²) in [5.41, 5.74) is 5.04. The highest BCUT2D eigenvalue weighted by molar-refractivity contribution is 5.80. The fourth-order valence-corrected chi connectivity index (χ4v) is 2.28. The predicted molar refractivity (Wildman–Crippen MR) is 68.9 cm³/mol. The molecule has 2 rings (SSSR count). The molecule has 0 bridgehead atoms. The summed E-state index contributed by atoms with van der Waals surface area (Å²) in [7, 11) is 0. The second-order valence-corrected chi connectivity index (χ2v) is 4.95. The van der Waals surface area contributed by atoms with Crippen molar-refractivity contribution in [2.75, 3.05) is 13.1 Å². The Morgan fingerprint density at radius 1 is 1.29 bits per heavy atom. The van der Waals surface area contributed by atoms with E-state index in [1.807, 2.05) is 0 Å². The van der Waals surface area contributed by atoms with E-state index in [4.69, 9.17) is 0 Å². The van der Waals surface area contributed by atoms with Crippen molar-refractivity contribution in [1.29, 1.82) is 0 Å². The summed E-state index contributed by atoms with van der Waals surface area (Å²) in [5, 5.41) is 6.13. The van der Waals surface area contributed by atoms with Crippen LogP contribution in [0.15, 0.2) is 12.1 Å². The Bertz CT molecular complexity index is 413. The van der Waals surface area contributed by atoms with Gasteiger partial charge in [0.1, 0.15) is 0 Å². The number of benzene rings is 1. The Labute approximate surface area is 103 Å². The molecule has 0 atom stereocenters. The molecule has 1 saturated heterocycles. The van der Waals surface area contributed by atoms with Gasteiger partial charge in [0.15, 0.2) is 0 Å². The molecule has 0 radical (unpaired) electrons. The van der Waals surface area contributed by atoms with Crippen molar-refractivity contribution in [3.05, 3.63) is 34.4 Å². The number of carbonyl (C=O) groups is 1. The fraction of sp³-hybridized carbons (Fsp3) is 0.500. The first-order chi connectivity index (χ1) is 8.08. The third kappa shape index (κ3) is 2.67. The van der Waals surface area contributed by atoms with Crippen LogP contribution in [0, 0.1) is 26.7 Å². The van der Waals surface area contributed by atoms with Crippen molar-refractivity contribution in [3.8, 4) is 0 Å². The number of nitrogens with one attached hydrogen (secondary N) is 2. The Kier molecular flexibility index (Phi) is 3.48. The Morgan fingerprint density at radius 2 is 1.88 bits per heavy atom. The third-order valence-corrected chi connectivity index (χ3v) is 3.43. The molecule has 3 heteroatoms. The molecule has 0 saturated carbocycles. The first-order valence-corrected chi connectivity index (χ1v) is 6.13. The third-order valence-electron chi connectivity index (χ3n) is 3.43. The zero-order chi connectivity index (χ0) is 12.4. The summed E-state index contributed by atoms with van der Waals surface area (Å²) in [6.45, 7) is 8.59. The van der Waals surface area contributed by atoms with Crippen molar-refractivity contribution in [3.63, 3.8) is 0 Å². The quantitative estimate of drug-likeness (QED) is 0.828. The molecular formula is C14H20N2O. The van der Waals surface area contributed by atoms with Gasteiger partial charge < -0.3 is 10.6 Å². The first kappa shape index (κ1) is 12.1. The van der Waals surface area contributed by atoms with Gasteiger partial charge in [-0.1, -0.05) is 17.7 Å². The number of hydrogen-bond donors (Lipinski definition) is 2. The standard InChI is InChI=1S/C14H20N2O/c1-9-4-10(2)13(11(3)5-9)8-16-14(17)12-6-15-7-12/h4-5,12,15H,6-8H2,1-3H3,(H,16,17). The number of rotatable bonds is 3. The number of carbonyl (C=O) groups excluding carboxylic acids is 1. The molecule has 0 spiro atoms. The molecule has 0 unspecified atom stereocenters. The van der Waals surface area contributed by atoms with Crippen LogP contribution in [0.5, 0.6) is 0 Å². The van der Waals surface area contributed by atoms with Crippen LogP contribution in [0.1, 0.15) is 22.3 Å². The van der Waals surface area contributed by atoms with Gasteiger partial charge in [0.2, 0.25) is 5.91 Å². The maximum atomic E-state index is 11.7. The molecule has 2 N–H and O–H groups in total. The van der Waals surface area contributed by atoms with Crippen LogP contribution in [-0.4, -0.2) is 19.0 Å². The SMILES string of the molecule is Cc1cc(C)c(CNC(=O)C2CNC2)c(C)c1. The average molecular weight is 232 g/mol. The molecule has 0 aliphatic carbocycles. The van der Waals surface area contributed by atoms with E-state index in [2.05, 4.69) is 43.5 Å². The molecule has 1 heterocycles. The van der Waals surface area contributed by atoms with Gasteiger partial charge in [-0.3, -0.25) is 4.79 Å². The van der Waals surface area contributed by atoms with Crippen LogP contribution in [-0.2, 0) is 11.3 Å². The number of aryl methyl sites for hydroxylation is 3. The van der Waals surface area contributed by atoms with Gasteiger partial charge in [0, 0.05) is 19.6 Å². The zero-order valence-corrected chi connectivity index (χ0v) is 10.8. The van der Waals surface area contributed by atoms with Gasteiger partial charge in [-0.15, -0.1) is 0 Å². The summed E-state index contributed by atoms with van der Waals surface area (Å²) in [6.07, 6.45) is 0. The van der Waals surface area contributed by atoms with Crippen LogP contribution in [0.3, 0.4) is 0 Å². The molecule has 1 fully saturated rings. The molecule has 3 nitrogen and oxygen atoms in total. The molecule has 1 aliphatic heterocycles. The normalized spacial score (nSPS) is 15.5. The van der Waals surface area contributed by atoms with Gasteiger partial charge >= 0.3 is 0 Å². The van der Waals surface area contributed by atoms with E-state index in [1.54, 1.807) is 0 Å². The zero-order valence-electron chi connectivity index (χ0n) is 10.8. The minimum Gasteiger partial charge on any atom is -0.352 e. The van der Waals surface area contributed by atoms with Gasteiger partial charge in [0.05, 0.1) is 5.92 Å². The minimum atomic E-state index is 0.168. The van der Waals surface area contributed by atoms with E-state index >= 15 is 0 Å². The monoisotopic (exact) mass is 232 g/mol.